The van der Waals surface area contributed by atoms with Gasteiger partial charge in [0.25, 0.3) is 0 Å². The van der Waals surface area contributed by atoms with E-state index >= 15 is 0 Å². The Morgan fingerprint density at radius 2 is 2.47 bits per heavy atom. The van der Waals surface area contributed by atoms with Crippen LogP contribution in [0.15, 0.2) is 17.0 Å². The molecule has 2 heterocycles. The van der Waals surface area contributed by atoms with Crippen LogP contribution in [0.5, 0.6) is 0 Å². The fraction of sp³-hybridized carbons (Fsp3) is 0.600. The average Bonchev–Trinajstić information content (AvgIpc) is 2.29. The number of hydrogen-bond acceptors (Lipinski definition) is 4. The first kappa shape index (κ1) is 11.2. The minimum atomic E-state index is 0.737. The standard InChI is InChI=1S/C10H14BrN3S/c11-9-6-12-7-14-10(9)13-5-8-3-1-2-4-15-8/h6-8H,1-5H2,(H,12,13,14). The molecule has 1 aromatic rings. The van der Waals surface area contributed by atoms with Crippen LogP contribution in [0.3, 0.4) is 0 Å². The molecule has 0 saturated carbocycles. The zero-order valence-electron chi connectivity index (χ0n) is 8.45. The molecule has 0 spiro atoms. The third kappa shape index (κ3) is 3.34. The van der Waals surface area contributed by atoms with Crippen molar-refractivity contribution in [2.45, 2.75) is 24.5 Å². The van der Waals surface area contributed by atoms with Crippen molar-refractivity contribution in [3.63, 3.8) is 0 Å². The summed E-state index contributed by atoms with van der Waals surface area (Å²) in [5.41, 5.74) is 0. The van der Waals surface area contributed by atoms with Gasteiger partial charge >= 0.3 is 0 Å². The third-order valence-corrected chi connectivity index (χ3v) is 4.42. The number of halogens is 1. The molecule has 1 fully saturated rings. The maximum absolute atomic E-state index is 4.18. The van der Waals surface area contributed by atoms with Gasteiger partial charge in [0, 0.05) is 18.0 Å². The predicted molar refractivity (Wildman–Crippen MR) is 68.3 cm³/mol. The van der Waals surface area contributed by atoms with Gasteiger partial charge in [-0.3, -0.25) is 0 Å². The van der Waals surface area contributed by atoms with E-state index in [1.807, 2.05) is 0 Å². The molecule has 1 saturated heterocycles. The van der Waals surface area contributed by atoms with Crippen molar-refractivity contribution in [2.24, 2.45) is 0 Å². The summed E-state index contributed by atoms with van der Waals surface area (Å²) in [5.74, 6) is 2.20. The van der Waals surface area contributed by atoms with Gasteiger partial charge in [0.2, 0.25) is 0 Å². The molecule has 1 atom stereocenters. The van der Waals surface area contributed by atoms with Crippen LogP contribution < -0.4 is 5.32 Å². The molecule has 1 aliphatic rings. The van der Waals surface area contributed by atoms with Gasteiger partial charge in [-0.2, -0.15) is 11.8 Å². The van der Waals surface area contributed by atoms with Crippen molar-refractivity contribution in [2.75, 3.05) is 17.6 Å². The molecular weight excluding hydrogens is 274 g/mol. The first-order valence-corrected chi connectivity index (χ1v) is 7.01. The van der Waals surface area contributed by atoms with Gasteiger partial charge < -0.3 is 5.32 Å². The molecule has 5 heteroatoms. The average molecular weight is 288 g/mol. The van der Waals surface area contributed by atoms with Crippen LogP contribution in [-0.4, -0.2) is 27.5 Å². The highest BCUT2D eigenvalue weighted by Crippen LogP contribution is 2.26. The van der Waals surface area contributed by atoms with Gasteiger partial charge in [0.05, 0.1) is 4.47 Å². The Morgan fingerprint density at radius 1 is 1.53 bits per heavy atom. The summed E-state index contributed by atoms with van der Waals surface area (Å²) in [4.78, 5) is 8.12. The van der Waals surface area contributed by atoms with E-state index in [2.05, 4.69) is 43.0 Å². The molecule has 1 aromatic heterocycles. The molecule has 1 unspecified atom stereocenters. The minimum absolute atomic E-state index is 0.737. The first-order chi connectivity index (χ1) is 7.36. The molecule has 1 aliphatic heterocycles. The zero-order valence-corrected chi connectivity index (χ0v) is 10.9. The van der Waals surface area contributed by atoms with Crippen molar-refractivity contribution in [3.05, 3.63) is 17.0 Å². The normalized spacial score (nSPS) is 21.3. The Hall–Kier alpha value is -0.290. The van der Waals surface area contributed by atoms with Gasteiger partial charge in [-0.05, 0) is 34.5 Å². The van der Waals surface area contributed by atoms with Gasteiger partial charge in [0.15, 0.2) is 0 Å². The SMILES string of the molecule is Brc1cncnc1NCC1CCCCS1. The Bertz CT molecular complexity index is 315. The van der Waals surface area contributed by atoms with Crippen molar-refractivity contribution in [3.8, 4) is 0 Å². The quantitative estimate of drug-likeness (QED) is 0.928. The highest BCUT2D eigenvalue weighted by Gasteiger charge is 2.13. The summed E-state index contributed by atoms with van der Waals surface area (Å²) in [7, 11) is 0. The topological polar surface area (TPSA) is 37.8 Å². The van der Waals surface area contributed by atoms with Gasteiger partial charge in [0.1, 0.15) is 12.1 Å². The smallest absolute Gasteiger partial charge is 0.143 e. The number of aromatic nitrogens is 2. The fourth-order valence-electron chi connectivity index (χ4n) is 1.62. The Labute approximate surface area is 103 Å². The van der Waals surface area contributed by atoms with Crippen LogP contribution in [0.25, 0.3) is 0 Å². The molecule has 1 N–H and O–H groups in total. The van der Waals surface area contributed by atoms with E-state index in [0.717, 1.165) is 22.1 Å². The Morgan fingerprint density at radius 3 is 3.20 bits per heavy atom. The third-order valence-electron chi connectivity index (χ3n) is 2.44. The lowest BCUT2D eigenvalue weighted by Gasteiger charge is -2.21. The second kappa shape index (κ2) is 5.70. The Kier molecular flexibility index (Phi) is 4.26. The minimum Gasteiger partial charge on any atom is -0.368 e. The molecular formula is C10H14BrN3S. The van der Waals surface area contributed by atoms with Crippen LogP contribution in [0, 0.1) is 0 Å². The molecule has 82 valence electrons. The van der Waals surface area contributed by atoms with E-state index in [0.29, 0.717) is 0 Å². The van der Waals surface area contributed by atoms with Crippen molar-refractivity contribution in [1.82, 2.24) is 9.97 Å². The van der Waals surface area contributed by atoms with Crippen LogP contribution >= 0.6 is 27.7 Å². The largest absolute Gasteiger partial charge is 0.368 e. The summed E-state index contributed by atoms with van der Waals surface area (Å²) in [6.07, 6.45) is 7.40. The summed E-state index contributed by atoms with van der Waals surface area (Å²) >= 11 is 5.49. The lowest BCUT2D eigenvalue weighted by molar-refractivity contribution is 0.677. The second-order valence-corrected chi connectivity index (χ2v) is 5.85. The molecule has 15 heavy (non-hydrogen) atoms. The summed E-state index contributed by atoms with van der Waals surface area (Å²) in [5, 5.41) is 4.10. The molecule has 0 amide bonds. The van der Waals surface area contributed by atoms with Gasteiger partial charge in [-0.25, -0.2) is 9.97 Å². The molecule has 3 nitrogen and oxygen atoms in total. The van der Waals surface area contributed by atoms with Crippen LogP contribution in [0.4, 0.5) is 5.82 Å². The first-order valence-electron chi connectivity index (χ1n) is 5.17. The fourth-order valence-corrected chi connectivity index (χ4v) is 3.22. The Balaban J connectivity index is 1.84. The highest BCUT2D eigenvalue weighted by atomic mass is 79.9. The van der Waals surface area contributed by atoms with Crippen LogP contribution in [0.2, 0.25) is 0 Å². The van der Waals surface area contributed by atoms with Gasteiger partial charge in [-0.1, -0.05) is 6.42 Å². The van der Waals surface area contributed by atoms with E-state index in [1.54, 1.807) is 12.5 Å². The van der Waals surface area contributed by atoms with Crippen molar-refractivity contribution >= 4 is 33.5 Å². The molecule has 0 aromatic carbocycles. The predicted octanol–water partition coefficient (Wildman–Crippen LogP) is 2.94. The van der Waals surface area contributed by atoms with Crippen LogP contribution in [-0.2, 0) is 0 Å². The number of anilines is 1. The number of hydrogen-bond donors (Lipinski definition) is 1. The van der Waals surface area contributed by atoms with E-state index in [1.165, 1.54) is 25.0 Å². The van der Waals surface area contributed by atoms with Crippen molar-refractivity contribution in [1.29, 1.82) is 0 Å². The summed E-state index contributed by atoms with van der Waals surface area (Å²) in [6, 6.07) is 0. The molecule has 0 radical (unpaired) electrons. The summed E-state index contributed by atoms with van der Waals surface area (Å²) in [6.45, 7) is 1.00. The van der Waals surface area contributed by atoms with E-state index in [4.69, 9.17) is 0 Å². The van der Waals surface area contributed by atoms with Crippen molar-refractivity contribution < 1.29 is 0 Å². The number of nitrogens with zero attached hydrogens (tertiary/aromatic N) is 2. The molecule has 0 bridgehead atoms. The lowest BCUT2D eigenvalue weighted by atomic mass is 10.2. The van der Waals surface area contributed by atoms with E-state index in [9.17, 15) is 0 Å². The van der Waals surface area contributed by atoms with E-state index < -0.39 is 0 Å². The number of nitrogens with one attached hydrogen (secondary N) is 1. The van der Waals surface area contributed by atoms with Crippen LogP contribution in [0.1, 0.15) is 19.3 Å². The number of rotatable bonds is 3. The summed E-state index contributed by atoms with van der Waals surface area (Å²) < 4.78 is 0.936. The number of thioether (sulfide) groups is 1. The second-order valence-electron chi connectivity index (χ2n) is 3.59. The van der Waals surface area contributed by atoms with E-state index in [-0.39, 0.29) is 0 Å². The zero-order chi connectivity index (χ0) is 10.5. The van der Waals surface area contributed by atoms with Gasteiger partial charge in [-0.15, -0.1) is 0 Å². The highest BCUT2D eigenvalue weighted by molar-refractivity contribution is 9.10. The monoisotopic (exact) mass is 287 g/mol. The maximum atomic E-state index is 4.18. The lowest BCUT2D eigenvalue weighted by Crippen LogP contribution is -2.20. The molecule has 2 rings (SSSR count). The molecule has 0 aliphatic carbocycles. The maximum Gasteiger partial charge on any atom is 0.143 e.